The lowest BCUT2D eigenvalue weighted by atomic mass is 9.89. The lowest BCUT2D eigenvalue weighted by Gasteiger charge is -2.32. The van der Waals surface area contributed by atoms with Gasteiger partial charge in [0.15, 0.2) is 0 Å². The van der Waals surface area contributed by atoms with Gasteiger partial charge in [-0.3, -0.25) is 9.36 Å². The highest BCUT2D eigenvalue weighted by atomic mass is 16.5. The Morgan fingerprint density at radius 3 is 2.74 bits per heavy atom. The molecule has 0 amide bonds. The number of aryl methyl sites for hydroxylation is 1. The van der Waals surface area contributed by atoms with Crippen LogP contribution in [0.2, 0.25) is 0 Å². The molecule has 2 heterocycles. The number of ether oxygens (including phenoxy) is 1. The summed E-state index contributed by atoms with van der Waals surface area (Å²) in [5, 5.41) is 9.58. The molecule has 1 aromatic heterocycles. The molecule has 0 aliphatic carbocycles. The highest BCUT2D eigenvalue weighted by molar-refractivity contribution is 5.60. The van der Waals surface area contributed by atoms with Crippen LogP contribution in [0.25, 0.3) is 5.69 Å². The van der Waals surface area contributed by atoms with E-state index < -0.39 is 5.60 Å². The molecule has 2 N–H and O–H groups in total. The zero-order chi connectivity index (χ0) is 16.8. The van der Waals surface area contributed by atoms with Gasteiger partial charge in [-0.25, -0.2) is 0 Å². The van der Waals surface area contributed by atoms with Crippen molar-refractivity contribution in [2.45, 2.75) is 39.4 Å². The average molecular weight is 309 g/mol. The minimum Gasteiger partial charge on any atom is -0.384 e. The van der Waals surface area contributed by atoms with E-state index in [4.69, 9.17) is 10.5 Å². The average Bonchev–Trinajstić information content (AvgIpc) is 2.46. The number of fused-ring (bicyclic) bond motifs is 1. The molecular formula is C18H19N3O2. The number of aromatic nitrogens is 1. The maximum absolute atomic E-state index is 12.9. The fourth-order valence-electron chi connectivity index (χ4n) is 3.03. The Morgan fingerprint density at radius 1 is 1.35 bits per heavy atom. The molecule has 0 bridgehead atoms. The molecule has 1 aliphatic heterocycles. The van der Waals surface area contributed by atoms with Crippen molar-refractivity contribution in [1.82, 2.24) is 4.57 Å². The van der Waals surface area contributed by atoms with Crippen molar-refractivity contribution in [3.05, 3.63) is 56.9 Å². The third-order valence-electron chi connectivity index (χ3n) is 4.21. The number of hydrogen-bond donors (Lipinski definition) is 1. The van der Waals surface area contributed by atoms with E-state index in [-0.39, 0.29) is 18.0 Å². The largest absolute Gasteiger partial charge is 0.384 e. The van der Waals surface area contributed by atoms with Crippen molar-refractivity contribution in [1.29, 1.82) is 5.26 Å². The summed E-state index contributed by atoms with van der Waals surface area (Å²) in [7, 11) is 0. The molecule has 0 radical (unpaired) electrons. The monoisotopic (exact) mass is 309 g/mol. The first-order chi connectivity index (χ1) is 10.8. The Balaban J connectivity index is 2.33. The summed E-state index contributed by atoms with van der Waals surface area (Å²) >= 11 is 0. The van der Waals surface area contributed by atoms with Crippen LogP contribution < -0.4 is 11.3 Å². The Hall–Kier alpha value is -2.58. The molecule has 3 rings (SSSR count). The Labute approximate surface area is 134 Å². The summed E-state index contributed by atoms with van der Waals surface area (Å²) in [5.41, 5.74) is 8.86. The van der Waals surface area contributed by atoms with Gasteiger partial charge in [0.25, 0.3) is 5.56 Å². The third-order valence-corrected chi connectivity index (χ3v) is 4.21. The van der Waals surface area contributed by atoms with Crippen molar-refractivity contribution in [2.24, 2.45) is 0 Å². The Kier molecular flexibility index (Phi) is 3.50. The van der Waals surface area contributed by atoms with Crippen molar-refractivity contribution >= 4 is 5.82 Å². The van der Waals surface area contributed by atoms with E-state index in [1.165, 1.54) is 4.57 Å². The third kappa shape index (κ3) is 2.51. The number of nitrogens with zero attached hydrogens (tertiary/aromatic N) is 2. The van der Waals surface area contributed by atoms with Gasteiger partial charge in [-0.1, -0.05) is 12.1 Å². The first-order valence-corrected chi connectivity index (χ1v) is 7.51. The molecule has 23 heavy (non-hydrogen) atoms. The smallest absolute Gasteiger partial charge is 0.262 e. The minimum absolute atomic E-state index is 0.194. The van der Waals surface area contributed by atoms with E-state index in [9.17, 15) is 10.1 Å². The summed E-state index contributed by atoms with van der Waals surface area (Å²) in [6, 6.07) is 9.67. The summed E-state index contributed by atoms with van der Waals surface area (Å²) in [4.78, 5) is 12.9. The maximum atomic E-state index is 12.9. The van der Waals surface area contributed by atoms with E-state index in [2.05, 4.69) is 6.07 Å². The quantitative estimate of drug-likeness (QED) is 0.877. The number of nitriles is 1. The second-order valence-corrected chi connectivity index (χ2v) is 6.53. The summed E-state index contributed by atoms with van der Waals surface area (Å²) in [6.07, 6.45) is 0.499. The van der Waals surface area contributed by atoms with Crippen LogP contribution in [0, 0.1) is 18.3 Å². The van der Waals surface area contributed by atoms with Gasteiger partial charge in [-0.2, -0.15) is 5.26 Å². The van der Waals surface area contributed by atoms with Gasteiger partial charge < -0.3 is 10.5 Å². The van der Waals surface area contributed by atoms with Crippen molar-refractivity contribution in [3.63, 3.8) is 0 Å². The van der Waals surface area contributed by atoms with E-state index in [1.54, 1.807) is 0 Å². The van der Waals surface area contributed by atoms with Crippen LogP contribution in [0.3, 0.4) is 0 Å². The van der Waals surface area contributed by atoms with E-state index in [0.29, 0.717) is 23.2 Å². The van der Waals surface area contributed by atoms with Gasteiger partial charge in [0, 0.05) is 12.0 Å². The molecule has 0 saturated carbocycles. The lowest BCUT2D eigenvalue weighted by Crippen LogP contribution is -2.38. The molecule has 118 valence electrons. The van der Waals surface area contributed by atoms with E-state index in [0.717, 1.165) is 11.1 Å². The van der Waals surface area contributed by atoms with Crippen LogP contribution >= 0.6 is 0 Å². The first-order valence-electron chi connectivity index (χ1n) is 7.51. The van der Waals surface area contributed by atoms with E-state index >= 15 is 0 Å². The van der Waals surface area contributed by atoms with Crippen LogP contribution in [-0.2, 0) is 17.8 Å². The van der Waals surface area contributed by atoms with Crippen LogP contribution in [-0.4, -0.2) is 10.2 Å². The molecule has 0 fully saturated rings. The second kappa shape index (κ2) is 5.25. The molecule has 0 saturated heterocycles. The lowest BCUT2D eigenvalue weighted by molar-refractivity contribution is -0.0408. The van der Waals surface area contributed by atoms with Gasteiger partial charge in [0.05, 0.1) is 23.5 Å². The number of anilines is 1. The minimum atomic E-state index is -0.410. The van der Waals surface area contributed by atoms with Crippen molar-refractivity contribution < 1.29 is 4.74 Å². The number of benzene rings is 1. The zero-order valence-corrected chi connectivity index (χ0v) is 13.5. The van der Waals surface area contributed by atoms with Gasteiger partial charge >= 0.3 is 0 Å². The van der Waals surface area contributed by atoms with Crippen molar-refractivity contribution in [2.75, 3.05) is 5.73 Å². The number of nitrogens with two attached hydrogens (primary N) is 1. The number of rotatable bonds is 1. The normalized spacial score (nSPS) is 15.7. The summed E-state index contributed by atoms with van der Waals surface area (Å²) < 4.78 is 7.17. The molecule has 5 nitrogen and oxygen atoms in total. The molecular weight excluding hydrogens is 290 g/mol. The fourth-order valence-corrected chi connectivity index (χ4v) is 3.03. The molecule has 2 aromatic rings. The molecule has 0 unspecified atom stereocenters. The van der Waals surface area contributed by atoms with Gasteiger partial charge in [-0.05, 0) is 44.0 Å². The van der Waals surface area contributed by atoms with Crippen molar-refractivity contribution in [3.8, 4) is 11.8 Å². The molecule has 5 heteroatoms. The van der Waals surface area contributed by atoms with E-state index in [1.807, 2.05) is 45.0 Å². The first kappa shape index (κ1) is 15.3. The summed E-state index contributed by atoms with van der Waals surface area (Å²) in [6.45, 7) is 6.03. The standard InChI is InChI=1S/C18H19N3O2/c1-11-5-4-6-12(7-11)21-16(20)14(9-19)13-8-18(2,3)23-10-15(13)17(21)22/h4-7H,8,10,20H2,1-3H3. The molecule has 0 atom stereocenters. The predicted molar refractivity (Wildman–Crippen MR) is 88.5 cm³/mol. The van der Waals surface area contributed by atoms with Crippen LogP contribution in [0.1, 0.15) is 36.1 Å². The highest BCUT2D eigenvalue weighted by Crippen LogP contribution is 2.31. The van der Waals surface area contributed by atoms with Crippen LogP contribution in [0.5, 0.6) is 0 Å². The van der Waals surface area contributed by atoms with Gasteiger partial charge in [0.1, 0.15) is 11.9 Å². The Morgan fingerprint density at radius 2 is 2.09 bits per heavy atom. The predicted octanol–water partition coefficient (Wildman–Crippen LogP) is 2.45. The van der Waals surface area contributed by atoms with Crippen LogP contribution in [0.4, 0.5) is 5.82 Å². The Bertz CT molecular complexity index is 888. The number of hydrogen-bond acceptors (Lipinski definition) is 4. The topological polar surface area (TPSA) is 81.0 Å². The number of nitrogen functional groups attached to an aromatic ring is 1. The zero-order valence-electron chi connectivity index (χ0n) is 13.5. The van der Waals surface area contributed by atoms with Crippen LogP contribution in [0.15, 0.2) is 29.1 Å². The second-order valence-electron chi connectivity index (χ2n) is 6.53. The summed E-state index contributed by atoms with van der Waals surface area (Å²) in [5.74, 6) is 0.194. The van der Waals surface area contributed by atoms with Gasteiger partial charge in [0.2, 0.25) is 0 Å². The van der Waals surface area contributed by atoms with Gasteiger partial charge in [-0.15, -0.1) is 0 Å². The maximum Gasteiger partial charge on any atom is 0.262 e. The molecule has 1 aliphatic rings. The fraction of sp³-hybridized carbons (Fsp3) is 0.333. The number of pyridine rings is 1. The molecule has 1 aromatic carbocycles. The SMILES string of the molecule is Cc1cccc(-n2c(N)c(C#N)c3c(c2=O)COC(C)(C)C3)c1. The molecule has 0 spiro atoms. The highest BCUT2D eigenvalue weighted by Gasteiger charge is 2.32.